The zero-order chi connectivity index (χ0) is 18.7. The summed E-state index contributed by atoms with van der Waals surface area (Å²) in [7, 11) is 1.50. The Kier molecular flexibility index (Phi) is 5.18. The minimum atomic E-state index is -0.734. The Morgan fingerprint density at radius 3 is 2.54 bits per heavy atom. The summed E-state index contributed by atoms with van der Waals surface area (Å²) >= 11 is 3.35. The predicted molar refractivity (Wildman–Crippen MR) is 99.2 cm³/mol. The van der Waals surface area contributed by atoms with Crippen molar-refractivity contribution in [2.45, 2.75) is 6.54 Å². The summed E-state index contributed by atoms with van der Waals surface area (Å²) in [6, 6.07) is 13.6. The molecule has 1 fully saturated rings. The third kappa shape index (κ3) is 3.67. The molecule has 26 heavy (non-hydrogen) atoms. The lowest BCUT2D eigenvalue weighted by Gasteiger charge is -2.26. The number of nitrogens with zero attached hydrogens (tertiary/aromatic N) is 1. The lowest BCUT2D eigenvalue weighted by atomic mass is 10.1. The number of urea groups is 1. The van der Waals surface area contributed by atoms with Crippen LogP contribution in [0.2, 0.25) is 0 Å². The SMILES string of the molecule is COc1ccc(Br)cc1C=C1C(=O)NC(=O)N(Cc2ccccc2)C1=O. The molecule has 0 saturated carbocycles. The van der Waals surface area contributed by atoms with Gasteiger partial charge in [0.1, 0.15) is 11.3 Å². The second kappa shape index (κ2) is 7.53. The standard InChI is InChI=1S/C19H15BrN2O4/c1-26-16-8-7-14(20)9-13(16)10-15-17(23)21-19(25)22(18(15)24)11-12-5-3-2-4-6-12/h2-10H,11H2,1H3,(H,21,23,25). The quantitative estimate of drug-likeness (QED) is 0.615. The molecule has 0 aliphatic carbocycles. The number of ether oxygens (including phenoxy) is 1. The molecule has 1 aliphatic rings. The van der Waals surface area contributed by atoms with Crippen molar-refractivity contribution >= 4 is 39.9 Å². The van der Waals surface area contributed by atoms with E-state index in [1.54, 1.807) is 30.3 Å². The van der Waals surface area contributed by atoms with Gasteiger partial charge in [0.2, 0.25) is 0 Å². The first-order chi connectivity index (χ1) is 12.5. The van der Waals surface area contributed by atoms with Crippen LogP contribution in [0, 0.1) is 0 Å². The Morgan fingerprint density at radius 2 is 1.85 bits per heavy atom. The van der Waals surface area contributed by atoms with Crippen molar-refractivity contribution in [1.82, 2.24) is 10.2 Å². The van der Waals surface area contributed by atoms with Gasteiger partial charge >= 0.3 is 6.03 Å². The van der Waals surface area contributed by atoms with Gasteiger partial charge in [-0.25, -0.2) is 4.79 Å². The Labute approximate surface area is 158 Å². The second-order valence-corrected chi connectivity index (χ2v) is 6.50. The van der Waals surface area contributed by atoms with Gasteiger partial charge in [-0.3, -0.25) is 19.8 Å². The van der Waals surface area contributed by atoms with Crippen LogP contribution in [0.1, 0.15) is 11.1 Å². The molecule has 1 heterocycles. The first kappa shape index (κ1) is 17.9. The van der Waals surface area contributed by atoms with Crippen LogP contribution >= 0.6 is 15.9 Å². The number of rotatable bonds is 4. The number of carbonyl (C=O) groups is 3. The molecule has 0 unspecified atom stereocenters. The molecular weight excluding hydrogens is 400 g/mol. The van der Waals surface area contributed by atoms with Gasteiger partial charge in [-0.05, 0) is 29.8 Å². The lowest BCUT2D eigenvalue weighted by Crippen LogP contribution is -2.53. The van der Waals surface area contributed by atoms with Crippen LogP contribution in [0.15, 0.2) is 58.6 Å². The molecule has 7 heteroatoms. The largest absolute Gasteiger partial charge is 0.496 e. The Morgan fingerprint density at radius 1 is 1.12 bits per heavy atom. The van der Waals surface area contributed by atoms with Crippen molar-refractivity contribution in [3.8, 4) is 5.75 Å². The lowest BCUT2D eigenvalue weighted by molar-refractivity contribution is -0.130. The number of methoxy groups -OCH3 is 1. The predicted octanol–water partition coefficient (Wildman–Crippen LogP) is 3.12. The van der Waals surface area contributed by atoms with E-state index >= 15 is 0 Å². The number of halogens is 1. The van der Waals surface area contributed by atoms with Gasteiger partial charge in [0.05, 0.1) is 13.7 Å². The summed E-state index contributed by atoms with van der Waals surface area (Å²) in [6.07, 6.45) is 1.42. The van der Waals surface area contributed by atoms with Gasteiger partial charge < -0.3 is 4.74 Å². The minimum absolute atomic E-state index is 0.0751. The molecular formula is C19H15BrN2O4. The first-order valence-electron chi connectivity index (χ1n) is 7.76. The van der Waals surface area contributed by atoms with E-state index in [1.807, 2.05) is 18.2 Å². The number of hydrogen-bond donors (Lipinski definition) is 1. The van der Waals surface area contributed by atoms with Gasteiger partial charge in [-0.1, -0.05) is 46.3 Å². The molecule has 6 nitrogen and oxygen atoms in total. The highest BCUT2D eigenvalue weighted by Crippen LogP contribution is 2.26. The van der Waals surface area contributed by atoms with E-state index in [9.17, 15) is 14.4 Å². The van der Waals surface area contributed by atoms with Crippen LogP contribution in [-0.4, -0.2) is 29.9 Å². The van der Waals surface area contributed by atoms with Gasteiger partial charge in [0, 0.05) is 10.0 Å². The van der Waals surface area contributed by atoms with Crippen molar-refractivity contribution in [3.63, 3.8) is 0 Å². The van der Waals surface area contributed by atoms with Crippen molar-refractivity contribution in [1.29, 1.82) is 0 Å². The Hall–Kier alpha value is -2.93. The number of carbonyl (C=O) groups excluding carboxylic acids is 3. The van der Waals surface area contributed by atoms with Crippen molar-refractivity contribution < 1.29 is 19.1 Å². The van der Waals surface area contributed by atoms with E-state index < -0.39 is 17.8 Å². The topological polar surface area (TPSA) is 75.7 Å². The average Bonchev–Trinajstić information content (AvgIpc) is 2.63. The normalized spacial score (nSPS) is 16.0. The molecule has 0 radical (unpaired) electrons. The molecule has 2 aromatic rings. The summed E-state index contributed by atoms with van der Waals surface area (Å²) in [5, 5.41) is 2.21. The molecule has 3 rings (SSSR count). The fraction of sp³-hybridized carbons (Fsp3) is 0.105. The second-order valence-electron chi connectivity index (χ2n) is 5.58. The number of benzene rings is 2. The van der Waals surface area contributed by atoms with E-state index in [0.717, 1.165) is 14.9 Å². The number of amides is 4. The van der Waals surface area contributed by atoms with Crippen LogP contribution < -0.4 is 10.1 Å². The van der Waals surface area contributed by atoms with E-state index in [2.05, 4.69) is 21.2 Å². The van der Waals surface area contributed by atoms with E-state index in [-0.39, 0.29) is 12.1 Å². The third-order valence-electron chi connectivity index (χ3n) is 3.86. The summed E-state index contributed by atoms with van der Waals surface area (Å²) in [6.45, 7) is 0.0751. The van der Waals surface area contributed by atoms with Crippen LogP contribution in [0.4, 0.5) is 4.79 Å². The van der Waals surface area contributed by atoms with E-state index in [0.29, 0.717) is 11.3 Å². The molecule has 1 N–H and O–H groups in total. The number of imide groups is 2. The van der Waals surface area contributed by atoms with Gasteiger partial charge in [-0.15, -0.1) is 0 Å². The maximum absolute atomic E-state index is 12.8. The summed E-state index contributed by atoms with van der Waals surface area (Å²) in [4.78, 5) is 38.1. The molecule has 0 spiro atoms. The molecule has 1 saturated heterocycles. The zero-order valence-electron chi connectivity index (χ0n) is 13.9. The molecule has 1 aliphatic heterocycles. The van der Waals surface area contributed by atoms with Gasteiger partial charge in [-0.2, -0.15) is 0 Å². The summed E-state index contributed by atoms with van der Waals surface area (Å²) in [5.74, 6) is -0.871. The molecule has 132 valence electrons. The van der Waals surface area contributed by atoms with Crippen LogP contribution in [0.3, 0.4) is 0 Å². The highest BCUT2D eigenvalue weighted by Gasteiger charge is 2.35. The van der Waals surface area contributed by atoms with Crippen LogP contribution in [0.25, 0.3) is 6.08 Å². The number of barbiturate groups is 1. The molecule has 0 bridgehead atoms. The maximum Gasteiger partial charge on any atom is 0.331 e. The third-order valence-corrected chi connectivity index (χ3v) is 4.35. The smallest absolute Gasteiger partial charge is 0.331 e. The van der Waals surface area contributed by atoms with E-state index in [1.165, 1.54) is 13.2 Å². The van der Waals surface area contributed by atoms with Gasteiger partial charge in [0.15, 0.2) is 0 Å². The van der Waals surface area contributed by atoms with Crippen LogP contribution in [-0.2, 0) is 16.1 Å². The fourth-order valence-corrected chi connectivity index (χ4v) is 2.96. The van der Waals surface area contributed by atoms with Crippen LogP contribution in [0.5, 0.6) is 5.75 Å². The van der Waals surface area contributed by atoms with E-state index in [4.69, 9.17) is 4.74 Å². The average molecular weight is 415 g/mol. The van der Waals surface area contributed by atoms with Crippen molar-refractivity contribution in [2.75, 3.05) is 7.11 Å². The molecule has 0 atom stereocenters. The summed E-state index contributed by atoms with van der Waals surface area (Å²) in [5.41, 5.74) is 1.20. The van der Waals surface area contributed by atoms with Crippen molar-refractivity contribution in [3.05, 3.63) is 69.7 Å². The number of nitrogens with one attached hydrogen (secondary N) is 1. The van der Waals surface area contributed by atoms with Gasteiger partial charge in [0.25, 0.3) is 11.8 Å². The van der Waals surface area contributed by atoms with Crippen molar-refractivity contribution in [2.24, 2.45) is 0 Å². The monoisotopic (exact) mass is 414 g/mol. The molecule has 4 amide bonds. The number of hydrogen-bond acceptors (Lipinski definition) is 4. The Bertz CT molecular complexity index is 909. The Balaban J connectivity index is 1.96. The maximum atomic E-state index is 12.8. The zero-order valence-corrected chi connectivity index (χ0v) is 15.4. The summed E-state index contributed by atoms with van der Waals surface area (Å²) < 4.78 is 6.04. The first-order valence-corrected chi connectivity index (χ1v) is 8.55. The fourth-order valence-electron chi connectivity index (χ4n) is 2.58. The highest BCUT2D eigenvalue weighted by atomic mass is 79.9. The highest BCUT2D eigenvalue weighted by molar-refractivity contribution is 9.10. The molecule has 2 aromatic carbocycles. The minimum Gasteiger partial charge on any atom is -0.496 e. The molecule has 0 aromatic heterocycles.